The molecule has 0 atom stereocenters. The average molecular weight is 282 g/mol. The van der Waals surface area contributed by atoms with Crippen LogP contribution in [0, 0.1) is 0 Å². The van der Waals surface area contributed by atoms with Gasteiger partial charge in [-0.15, -0.1) is 0 Å². The molecule has 1 aromatic rings. The van der Waals surface area contributed by atoms with E-state index >= 15 is 0 Å². The molecule has 0 heterocycles. The Morgan fingerprint density at radius 2 is 1.70 bits per heavy atom. The summed E-state index contributed by atoms with van der Waals surface area (Å²) in [6.07, 6.45) is -1.48. The second kappa shape index (κ2) is 6.23. The molecule has 0 saturated heterocycles. The molecule has 0 bridgehead atoms. The number of allylic oxidation sites excluding steroid dienone is 2. The fourth-order valence-electron chi connectivity index (χ4n) is 1.37. The summed E-state index contributed by atoms with van der Waals surface area (Å²) in [5.41, 5.74) is 0.383. The van der Waals surface area contributed by atoms with Gasteiger partial charge in [-0.25, -0.2) is 4.79 Å². The Labute approximate surface area is 114 Å². The molecule has 0 aliphatic carbocycles. The van der Waals surface area contributed by atoms with Gasteiger partial charge in [0.2, 0.25) is 0 Å². The zero-order chi connectivity index (χ0) is 15.3. The van der Waals surface area contributed by atoms with Crippen molar-refractivity contribution < 1.29 is 22.7 Å². The normalized spacial score (nSPS) is 11.4. The lowest BCUT2D eigenvalue weighted by Crippen LogP contribution is -2.04. The highest BCUT2D eigenvalue weighted by Crippen LogP contribution is 2.30. The van der Waals surface area contributed by atoms with Crippen molar-refractivity contribution in [1.82, 2.24) is 0 Å². The van der Waals surface area contributed by atoms with E-state index in [1.165, 1.54) is 31.4 Å². The van der Waals surface area contributed by atoms with Crippen LogP contribution in [-0.4, -0.2) is 13.1 Å². The highest BCUT2D eigenvalue weighted by molar-refractivity contribution is 5.91. The van der Waals surface area contributed by atoms with E-state index in [-0.39, 0.29) is 5.57 Å². The topological polar surface area (TPSA) is 26.3 Å². The van der Waals surface area contributed by atoms with E-state index in [0.717, 1.165) is 12.1 Å². The number of halogens is 3. The second-order valence-corrected chi connectivity index (χ2v) is 3.95. The van der Waals surface area contributed by atoms with Gasteiger partial charge in [0.25, 0.3) is 0 Å². The number of methoxy groups -OCH3 is 1. The van der Waals surface area contributed by atoms with Gasteiger partial charge in [0.05, 0.1) is 18.2 Å². The summed E-state index contributed by atoms with van der Waals surface area (Å²) >= 11 is 0. The number of carbonyl (C=O) groups excluding carboxylic acids is 1. The predicted molar refractivity (Wildman–Crippen MR) is 70.8 cm³/mol. The molecule has 0 saturated carbocycles. The molecule has 0 unspecified atom stereocenters. The van der Waals surface area contributed by atoms with Gasteiger partial charge in [-0.2, -0.15) is 13.2 Å². The lowest BCUT2D eigenvalue weighted by molar-refractivity contribution is -0.137. The summed E-state index contributed by atoms with van der Waals surface area (Å²) in [5, 5.41) is 0. The number of hydrogen-bond acceptors (Lipinski definition) is 2. The molecule has 20 heavy (non-hydrogen) atoms. The molecule has 5 heteroatoms. The number of benzene rings is 1. The molecule has 0 spiro atoms. The largest absolute Gasteiger partial charge is 0.465 e. The maximum Gasteiger partial charge on any atom is 0.416 e. The summed E-state index contributed by atoms with van der Waals surface area (Å²) < 4.78 is 41.7. The van der Waals surface area contributed by atoms with Gasteiger partial charge in [-0.3, -0.25) is 0 Å². The summed E-state index contributed by atoms with van der Waals surface area (Å²) in [4.78, 5) is 11.1. The van der Waals surface area contributed by atoms with Crippen LogP contribution in [0.4, 0.5) is 13.2 Å². The fraction of sp³-hybridized carbons (Fsp3) is 0.133. The standard InChI is InChI=1S/C15H13F3O2/c1-10(4-5-11(2)14(19)20-3)12-6-8-13(9-7-12)15(16,17)18/h4-9H,1-2H2,3H3/b5-4-. The monoisotopic (exact) mass is 282 g/mol. The molecule has 0 amide bonds. The molecule has 0 radical (unpaired) electrons. The molecule has 1 rings (SSSR count). The maximum atomic E-state index is 12.4. The van der Waals surface area contributed by atoms with Crippen LogP contribution in [0.3, 0.4) is 0 Å². The predicted octanol–water partition coefficient (Wildman–Crippen LogP) is 4.00. The molecule has 1 aromatic carbocycles. The number of alkyl halides is 3. The Morgan fingerprint density at radius 1 is 1.15 bits per heavy atom. The van der Waals surface area contributed by atoms with Gasteiger partial charge < -0.3 is 4.74 Å². The first-order chi connectivity index (χ1) is 9.25. The quantitative estimate of drug-likeness (QED) is 0.474. The van der Waals surface area contributed by atoms with Gasteiger partial charge >= 0.3 is 12.1 Å². The lowest BCUT2D eigenvalue weighted by Gasteiger charge is -2.07. The van der Waals surface area contributed by atoms with Crippen molar-refractivity contribution in [3.05, 3.63) is 66.3 Å². The summed E-state index contributed by atoms with van der Waals surface area (Å²) in [5.74, 6) is -0.582. The third-order valence-electron chi connectivity index (χ3n) is 2.52. The maximum absolute atomic E-state index is 12.4. The summed E-state index contributed by atoms with van der Waals surface area (Å²) in [6, 6.07) is 4.58. The van der Waals surface area contributed by atoms with Crippen LogP contribution in [0.15, 0.2) is 55.1 Å². The Kier molecular flexibility index (Phi) is 4.91. The van der Waals surface area contributed by atoms with Crippen LogP contribution in [-0.2, 0) is 15.7 Å². The molecule has 0 fully saturated rings. The van der Waals surface area contributed by atoms with Crippen LogP contribution in [0.5, 0.6) is 0 Å². The van der Waals surface area contributed by atoms with E-state index in [2.05, 4.69) is 17.9 Å². The van der Waals surface area contributed by atoms with Crippen LogP contribution in [0.1, 0.15) is 11.1 Å². The van der Waals surface area contributed by atoms with E-state index in [0.29, 0.717) is 11.1 Å². The molecule has 2 nitrogen and oxygen atoms in total. The number of esters is 1. The van der Waals surface area contributed by atoms with Crippen LogP contribution in [0.2, 0.25) is 0 Å². The average Bonchev–Trinajstić information content (AvgIpc) is 2.42. The van der Waals surface area contributed by atoms with E-state index in [1.54, 1.807) is 0 Å². The van der Waals surface area contributed by atoms with Crippen LogP contribution in [0.25, 0.3) is 5.57 Å². The molecule has 0 aliphatic rings. The van der Waals surface area contributed by atoms with E-state index in [1.807, 2.05) is 0 Å². The van der Waals surface area contributed by atoms with Gasteiger partial charge in [-0.05, 0) is 29.3 Å². The molecule has 0 aliphatic heterocycles. The Morgan fingerprint density at radius 3 is 2.15 bits per heavy atom. The first-order valence-corrected chi connectivity index (χ1v) is 5.57. The number of ether oxygens (including phenoxy) is 1. The minimum Gasteiger partial charge on any atom is -0.465 e. The van der Waals surface area contributed by atoms with E-state index < -0.39 is 17.7 Å². The van der Waals surface area contributed by atoms with Gasteiger partial charge in [0, 0.05) is 0 Å². The lowest BCUT2D eigenvalue weighted by atomic mass is 10.0. The van der Waals surface area contributed by atoms with Crippen molar-refractivity contribution in [1.29, 1.82) is 0 Å². The first kappa shape index (κ1) is 15.8. The fourth-order valence-corrected chi connectivity index (χ4v) is 1.37. The first-order valence-electron chi connectivity index (χ1n) is 5.57. The van der Waals surface area contributed by atoms with Crippen molar-refractivity contribution >= 4 is 11.5 Å². The molecular weight excluding hydrogens is 269 g/mol. The van der Waals surface area contributed by atoms with Crippen molar-refractivity contribution in [2.45, 2.75) is 6.18 Å². The van der Waals surface area contributed by atoms with Gasteiger partial charge in [0.15, 0.2) is 0 Å². The number of hydrogen-bond donors (Lipinski definition) is 0. The van der Waals surface area contributed by atoms with Gasteiger partial charge in [-0.1, -0.05) is 31.4 Å². The molecule has 0 aromatic heterocycles. The SMILES string of the molecule is C=C(/C=C\C(=C)c1ccc(C(F)(F)F)cc1)C(=O)OC. The van der Waals surface area contributed by atoms with Crippen molar-refractivity contribution in [2.75, 3.05) is 7.11 Å². The highest BCUT2D eigenvalue weighted by Gasteiger charge is 2.29. The van der Waals surface area contributed by atoms with Crippen molar-refractivity contribution in [2.24, 2.45) is 0 Å². The third-order valence-corrected chi connectivity index (χ3v) is 2.52. The Hall–Kier alpha value is -2.30. The molecule has 0 N–H and O–H groups in total. The Bertz CT molecular complexity index is 551. The summed E-state index contributed by atoms with van der Waals surface area (Å²) in [6.45, 7) is 7.20. The van der Waals surface area contributed by atoms with E-state index in [4.69, 9.17) is 0 Å². The van der Waals surface area contributed by atoms with Crippen LogP contribution >= 0.6 is 0 Å². The van der Waals surface area contributed by atoms with E-state index in [9.17, 15) is 18.0 Å². The summed E-state index contributed by atoms with van der Waals surface area (Å²) in [7, 11) is 1.23. The smallest absolute Gasteiger partial charge is 0.416 e. The highest BCUT2D eigenvalue weighted by atomic mass is 19.4. The minimum atomic E-state index is -4.37. The number of carbonyl (C=O) groups is 1. The number of rotatable bonds is 4. The van der Waals surface area contributed by atoms with Crippen molar-refractivity contribution in [3.8, 4) is 0 Å². The molecule has 106 valence electrons. The minimum absolute atomic E-state index is 0.126. The zero-order valence-corrected chi connectivity index (χ0v) is 10.8. The third kappa shape index (κ3) is 4.12. The van der Waals surface area contributed by atoms with Gasteiger partial charge in [0.1, 0.15) is 0 Å². The zero-order valence-electron chi connectivity index (χ0n) is 10.8. The van der Waals surface area contributed by atoms with Crippen LogP contribution < -0.4 is 0 Å². The molecular formula is C15H13F3O2. The second-order valence-electron chi connectivity index (χ2n) is 3.95. The van der Waals surface area contributed by atoms with Crippen molar-refractivity contribution in [3.63, 3.8) is 0 Å². The Balaban J connectivity index is 2.81.